The summed E-state index contributed by atoms with van der Waals surface area (Å²) in [7, 11) is 1.35. The molecule has 0 amide bonds. The number of esters is 1. The van der Waals surface area contributed by atoms with Crippen molar-refractivity contribution in [2.45, 2.75) is 52.1 Å². The Hall–Kier alpha value is -2.46. The van der Waals surface area contributed by atoms with Crippen LogP contribution < -0.4 is 10.1 Å². The number of aliphatic hydroxyl groups is 1. The second kappa shape index (κ2) is 9.35. The first-order chi connectivity index (χ1) is 14.3. The summed E-state index contributed by atoms with van der Waals surface area (Å²) in [6.07, 6.45) is -4.42. The minimum Gasteiger partial charge on any atom is -0.496 e. The maximum Gasteiger partial charge on any atom is 0.408 e. The number of hydrogen-bond donors (Lipinski definition) is 2. The lowest BCUT2D eigenvalue weighted by molar-refractivity contribution is -0.138. The zero-order chi connectivity index (χ0) is 23.6. The Kier molecular flexibility index (Phi) is 7.48. The average molecular weight is 464 g/mol. The smallest absolute Gasteiger partial charge is 0.408 e. The fourth-order valence-corrected chi connectivity index (χ4v) is 3.13. The van der Waals surface area contributed by atoms with Gasteiger partial charge in [0.05, 0.1) is 31.6 Å². The van der Waals surface area contributed by atoms with Crippen molar-refractivity contribution in [2.24, 2.45) is 0 Å². The van der Waals surface area contributed by atoms with E-state index in [9.17, 15) is 23.1 Å². The highest BCUT2D eigenvalue weighted by Crippen LogP contribution is 2.39. The molecule has 2 N–H and O–H groups in total. The van der Waals surface area contributed by atoms with E-state index in [-0.39, 0.29) is 41.0 Å². The second-order valence-corrected chi connectivity index (χ2v) is 7.90. The summed E-state index contributed by atoms with van der Waals surface area (Å²) in [6.45, 7) is 5.84. The van der Waals surface area contributed by atoms with Crippen molar-refractivity contribution in [1.29, 1.82) is 0 Å². The second-order valence-electron chi connectivity index (χ2n) is 7.52. The van der Waals surface area contributed by atoms with Gasteiger partial charge in [-0.15, -0.1) is 0 Å². The van der Waals surface area contributed by atoms with Crippen LogP contribution >= 0.6 is 11.6 Å². The molecule has 0 saturated carbocycles. The van der Waals surface area contributed by atoms with Crippen molar-refractivity contribution >= 4 is 23.3 Å². The van der Waals surface area contributed by atoms with Crippen LogP contribution in [0.4, 0.5) is 18.9 Å². The number of methoxy groups -OCH3 is 1. The van der Waals surface area contributed by atoms with Crippen LogP contribution in [-0.4, -0.2) is 52.4 Å². The molecule has 2 rings (SSSR count). The zero-order valence-corrected chi connectivity index (χ0v) is 18.6. The standard InChI is InChI=1S/C20H25ClF3N3O4/c1-6-31-18(28)16-15(21)17(27(26-16)10-19(3,4)29)13-8-7-12(9-14(13)30-5)25-11(2)20(22,23)24/h7-9,11,25,29H,6,10H2,1-5H3/t11-/m1/s1. The summed E-state index contributed by atoms with van der Waals surface area (Å²) < 4.78 is 50.3. The van der Waals surface area contributed by atoms with Gasteiger partial charge in [0.1, 0.15) is 16.8 Å². The first kappa shape index (κ1) is 24.8. The molecule has 0 aliphatic heterocycles. The number of carbonyl (C=O) groups is 1. The Balaban J connectivity index is 2.58. The van der Waals surface area contributed by atoms with E-state index in [1.54, 1.807) is 20.8 Å². The Morgan fingerprint density at radius 1 is 1.35 bits per heavy atom. The van der Waals surface area contributed by atoms with Crippen LogP contribution in [-0.2, 0) is 11.3 Å². The lowest BCUT2D eigenvalue weighted by Gasteiger charge is -2.21. The van der Waals surface area contributed by atoms with Crippen LogP contribution in [0, 0.1) is 0 Å². The van der Waals surface area contributed by atoms with E-state index in [4.69, 9.17) is 21.1 Å². The van der Waals surface area contributed by atoms with Gasteiger partial charge in [-0.2, -0.15) is 18.3 Å². The molecule has 0 radical (unpaired) electrons. The molecule has 0 saturated heterocycles. The summed E-state index contributed by atoms with van der Waals surface area (Å²) in [5, 5.41) is 16.8. The van der Waals surface area contributed by atoms with Crippen molar-refractivity contribution in [3.05, 3.63) is 28.9 Å². The van der Waals surface area contributed by atoms with Gasteiger partial charge in [0.2, 0.25) is 0 Å². The molecule has 1 heterocycles. The fraction of sp³-hybridized carbons (Fsp3) is 0.500. The Bertz CT molecular complexity index is 939. The molecule has 0 unspecified atom stereocenters. The summed E-state index contributed by atoms with van der Waals surface area (Å²) in [5.74, 6) is -0.534. The number of rotatable bonds is 8. The van der Waals surface area contributed by atoms with E-state index in [0.29, 0.717) is 5.56 Å². The molecule has 0 spiro atoms. The van der Waals surface area contributed by atoms with Gasteiger partial charge in [-0.3, -0.25) is 4.68 Å². The molecule has 11 heteroatoms. The van der Waals surface area contributed by atoms with E-state index < -0.39 is 23.8 Å². The van der Waals surface area contributed by atoms with E-state index in [1.165, 1.54) is 30.0 Å². The van der Waals surface area contributed by atoms with E-state index >= 15 is 0 Å². The highest BCUT2D eigenvalue weighted by atomic mass is 35.5. The minimum atomic E-state index is -4.42. The van der Waals surface area contributed by atoms with Crippen LogP contribution in [0.2, 0.25) is 5.02 Å². The molecule has 0 aliphatic carbocycles. The molecule has 1 atom stereocenters. The molecule has 31 heavy (non-hydrogen) atoms. The number of aromatic nitrogens is 2. The van der Waals surface area contributed by atoms with Crippen molar-refractivity contribution in [2.75, 3.05) is 19.0 Å². The Morgan fingerprint density at radius 3 is 2.52 bits per heavy atom. The van der Waals surface area contributed by atoms with Gasteiger partial charge in [0, 0.05) is 17.3 Å². The van der Waals surface area contributed by atoms with Crippen molar-refractivity contribution < 1.29 is 32.5 Å². The monoisotopic (exact) mass is 463 g/mol. The summed E-state index contributed by atoms with van der Waals surface area (Å²) >= 11 is 6.45. The van der Waals surface area contributed by atoms with Crippen LogP contribution in [0.25, 0.3) is 11.3 Å². The SMILES string of the molecule is CCOC(=O)c1nn(CC(C)(C)O)c(-c2ccc(N[C@H](C)C(F)(F)F)cc2OC)c1Cl. The number of hydrogen-bond acceptors (Lipinski definition) is 6. The maximum atomic E-state index is 12.9. The van der Waals surface area contributed by atoms with Gasteiger partial charge in [-0.1, -0.05) is 11.6 Å². The lowest BCUT2D eigenvalue weighted by atomic mass is 10.1. The molecular formula is C20H25ClF3N3O4. The third kappa shape index (κ3) is 6.04. The zero-order valence-electron chi connectivity index (χ0n) is 17.8. The quantitative estimate of drug-likeness (QED) is 0.560. The van der Waals surface area contributed by atoms with E-state index in [1.807, 2.05) is 0 Å². The highest BCUT2D eigenvalue weighted by Gasteiger charge is 2.36. The molecule has 1 aromatic heterocycles. The minimum absolute atomic E-state index is 0.0181. The van der Waals surface area contributed by atoms with Crippen molar-refractivity contribution in [1.82, 2.24) is 9.78 Å². The Labute approximate surface area is 183 Å². The number of ether oxygens (including phenoxy) is 2. The number of nitrogens with one attached hydrogen (secondary N) is 1. The highest BCUT2D eigenvalue weighted by molar-refractivity contribution is 6.36. The fourth-order valence-electron chi connectivity index (χ4n) is 2.82. The maximum absolute atomic E-state index is 12.9. The normalized spacial score (nSPS) is 13.1. The van der Waals surface area contributed by atoms with Crippen molar-refractivity contribution in [3.63, 3.8) is 0 Å². The number of anilines is 1. The van der Waals surface area contributed by atoms with Gasteiger partial charge in [0.25, 0.3) is 0 Å². The first-order valence-electron chi connectivity index (χ1n) is 9.46. The molecule has 7 nitrogen and oxygen atoms in total. The van der Waals surface area contributed by atoms with Gasteiger partial charge in [-0.05, 0) is 39.8 Å². The first-order valence-corrected chi connectivity index (χ1v) is 9.83. The molecule has 0 fully saturated rings. The number of benzene rings is 1. The van der Waals surface area contributed by atoms with E-state index in [0.717, 1.165) is 6.92 Å². The number of halogens is 4. The summed E-state index contributed by atoms with van der Waals surface area (Å²) in [4.78, 5) is 12.3. The van der Waals surface area contributed by atoms with Crippen LogP contribution in [0.5, 0.6) is 5.75 Å². The predicted octanol–water partition coefficient (Wildman–Crippen LogP) is 4.52. The van der Waals surface area contributed by atoms with E-state index in [2.05, 4.69) is 10.4 Å². The number of carbonyl (C=O) groups excluding carboxylic acids is 1. The largest absolute Gasteiger partial charge is 0.496 e. The summed E-state index contributed by atoms with van der Waals surface area (Å²) in [6, 6.07) is 2.55. The molecule has 2 aromatic rings. The van der Waals surface area contributed by atoms with Crippen LogP contribution in [0.15, 0.2) is 18.2 Å². The molecule has 0 bridgehead atoms. The molecular weight excluding hydrogens is 439 g/mol. The number of nitrogens with zero attached hydrogens (tertiary/aromatic N) is 2. The molecule has 1 aromatic carbocycles. The number of alkyl halides is 3. The lowest BCUT2D eigenvalue weighted by Crippen LogP contribution is -2.33. The van der Waals surface area contributed by atoms with Gasteiger partial charge >= 0.3 is 12.1 Å². The van der Waals surface area contributed by atoms with Crippen LogP contribution in [0.1, 0.15) is 38.2 Å². The third-order valence-electron chi connectivity index (χ3n) is 4.23. The summed E-state index contributed by atoms with van der Waals surface area (Å²) in [5.41, 5.74) is -0.519. The third-order valence-corrected chi connectivity index (χ3v) is 4.59. The van der Waals surface area contributed by atoms with Gasteiger partial charge < -0.3 is 19.9 Å². The molecule has 0 aliphatic rings. The predicted molar refractivity (Wildman–Crippen MR) is 111 cm³/mol. The molecule has 172 valence electrons. The topological polar surface area (TPSA) is 85.6 Å². The van der Waals surface area contributed by atoms with Gasteiger partial charge in [0.15, 0.2) is 5.69 Å². The average Bonchev–Trinajstić information content (AvgIpc) is 2.95. The Morgan fingerprint density at radius 2 is 2.00 bits per heavy atom. The van der Waals surface area contributed by atoms with Crippen LogP contribution in [0.3, 0.4) is 0 Å². The van der Waals surface area contributed by atoms with Crippen molar-refractivity contribution in [3.8, 4) is 17.0 Å². The van der Waals surface area contributed by atoms with Gasteiger partial charge in [-0.25, -0.2) is 4.79 Å².